The Morgan fingerprint density at radius 1 is 1.20 bits per heavy atom. The second kappa shape index (κ2) is 7.99. The van der Waals surface area contributed by atoms with Gasteiger partial charge in [-0.25, -0.2) is 4.79 Å². The van der Waals surface area contributed by atoms with Gasteiger partial charge in [0.05, 0.1) is 10.2 Å². The fourth-order valence-corrected chi connectivity index (χ4v) is 7.26. The number of allylic oxidation sites excluding steroid dienone is 1. The van der Waals surface area contributed by atoms with Crippen molar-refractivity contribution in [1.29, 1.82) is 0 Å². The SMILES string of the molecule is CC(C)(C/C=C1/C(=O)OC[C@H]1O[Si](C)(C)C(C)(C)C)C1SCCCS1. The number of cyclic esters (lactones) is 1. The minimum Gasteiger partial charge on any atom is -0.459 e. The molecule has 0 aromatic heterocycles. The normalized spacial score (nSPS) is 25.5. The highest BCUT2D eigenvalue weighted by Gasteiger charge is 2.43. The molecule has 0 N–H and O–H groups in total. The van der Waals surface area contributed by atoms with Crippen LogP contribution in [0.25, 0.3) is 0 Å². The number of rotatable bonds is 5. The molecule has 25 heavy (non-hydrogen) atoms. The highest BCUT2D eigenvalue weighted by molar-refractivity contribution is 8.17. The molecule has 6 heteroatoms. The lowest BCUT2D eigenvalue weighted by Gasteiger charge is -2.38. The van der Waals surface area contributed by atoms with Crippen LogP contribution in [0.1, 0.15) is 47.5 Å². The molecule has 2 heterocycles. The molecule has 0 aromatic carbocycles. The summed E-state index contributed by atoms with van der Waals surface area (Å²) in [6.07, 6.45) is 4.09. The average molecular weight is 403 g/mol. The number of ether oxygens (including phenoxy) is 1. The smallest absolute Gasteiger partial charge is 0.336 e. The van der Waals surface area contributed by atoms with E-state index in [9.17, 15) is 4.79 Å². The Morgan fingerprint density at radius 2 is 1.80 bits per heavy atom. The summed E-state index contributed by atoms with van der Waals surface area (Å²) >= 11 is 4.12. The van der Waals surface area contributed by atoms with Gasteiger partial charge in [-0.3, -0.25) is 0 Å². The molecule has 0 aliphatic carbocycles. The van der Waals surface area contributed by atoms with E-state index in [-0.39, 0.29) is 22.5 Å². The number of carbonyl (C=O) groups is 1. The molecule has 0 radical (unpaired) electrons. The topological polar surface area (TPSA) is 35.5 Å². The Balaban J connectivity index is 2.09. The van der Waals surface area contributed by atoms with Gasteiger partial charge in [-0.15, -0.1) is 23.5 Å². The zero-order chi connectivity index (χ0) is 18.9. The van der Waals surface area contributed by atoms with E-state index in [0.29, 0.717) is 11.2 Å². The van der Waals surface area contributed by atoms with Gasteiger partial charge in [0.15, 0.2) is 8.32 Å². The molecule has 144 valence electrons. The Kier molecular flexibility index (Phi) is 6.83. The van der Waals surface area contributed by atoms with Crippen LogP contribution in [0.15, 0.2) is 11.6 Å². The zero-order valence-electron chi connectivity index (χ0n) is 16.8. The average Bonchev–Trinajstić information content (AvgIpc) is 2.85. The summed E-state index contributed by atoms with van der Waals surface area (Å²) < 4.78 is 12.4. The molecule has 2 rings (SSSR count). The molecule has 2 saturated heterocycles. The minimum absolute atomic E-state index is 0.123. The molecular formula is C19H34O3S2Si. The standard InChI is InChI=1S/C19H34O3S2Si/c1-18(2,3)25(6,7)22-15-13-21-16(20)14(15)9-10-19(4,5)17-23-11-8-12-24-17/h9,15,17H,8,10-13H2,1-7H3/b14-9+/t15-/m1/s1. The third kappa shape index (κ3) is 5.30. The quantitative estimate of drug-likeness (QED) is 0.346. The van der Waals surface area contributed by atoms with E-state index < -0.39 is 8.32 Å². The van der Waals surface area contributed by atoms with E-state index in [4.69, 9.17) is 9.16 Å². The Morgan fingerprint density at radius 3 is 2.36 bits per heavy atom. The van der Waals surface area contributed by atoms with Crippen molar-refractivity contribution in [2.45, 2.75) is 76.3 Å². The summed E-state index contributed by atoms with van der Waals surface area (Å²) in [7, 11) is -1.93. The molecule has 0 saturated carbocycles. The van der Waals surface area contributed by atoms with Crippen molar-refractivity contribution >= 4 is 37.8 Å². The van der Waals surface area contributed by atoms with Gasteiger partial charge < -0.3 is 9.16 Å². The molecule has 3 nitrogen and oxygen atoms in total. The first kappa shape index (κ1) is 21.4. The number of hydrogen-bond acceptors (Lipinski definition) is 5. The third-order valence-electron chi connectivity index (χ3n) is 5.50. The fraction of sp³-hybridized carbons (Fsp3) is 0.842. The lowest BCUT2D eigenvalue weighted by molar-refractivity contribution is -0.135. The van der Waals surface area contributed by atoms with E-state index in [0.717, 1.165) is 12.0 Å². The van der Waals surface area contributed by atoms with Crippen LogP contribution in [-0.4, -0.2) is 43.1 Å². The van der Waals surface area contributed by atoms with Crippen LogP contribution >= 0.6 is 23.5 Å². The predicted octanol–water partition coefficient (Wildman–Crippen LogP) is 5.47. The largest absolute Gasteiger partial charge is 0.459 e. The van der Waals surface area contributed by atoms with Crippen molar-refractivity contribution < 1.29 is 14.0 Å². The maximum atomic E-state index is 12.2. The highest BCUT2D eigenvalue weighted by Crippen LogP contribution is 2.45. The van der Waals surface area contributed by atoms with Crippen LogP contribution in [0, 0.1) is 5.41 Å². The fourth-order valence-electron chi connectivity index (χ4n) is 2.71. The Hall–Kier alpha value is 0.0869. The molecule has 2 aliphatic heterocycles. The second-order valence-corrected chi connectivity index (χ2v) is 16.7. The molecule has 2 fully saturated rings. The molecule has 0 amide bonds. The van der Waals surface area contributed by atoms with Crippen molar-refractivity contribution in [3.05, 3.63) is 11.6 Å². The van der Waals surface area contributed by atoms with Crippen LogP contribution in [0.5, 0.6) is 0 Å². The highest BCUT2D eigenvalue weighted by atomic mass is 32.2. The lowest BCUT2D eigenvalue weighted by atomic mass is 9.90. The molecule has 2 aliphatic rings. The Labute approximate surface area is 163 Å². The van der Waals surface area contributed by atoms with E-state index in [1.165, 1.54) is 17.9 Å². The van der Waals surface area contributed by atoms with Gasteiger partial charge in [0.1, 0.15) is 12.7 Å². The monoisotopic (exact) mass is 402 g/mol. The summed E-state index contributed by atoms with van der Waals surface area (Å²) in [6.45, 7) is 16.1. The minimum atomic E-state index is -1.93. The van der Waals surface area contributed by atoms with E-state index >= 15 is 0 Å². The first-order valence-electron chi connectivity index (χ1n) is 9.22. The van der Waals surface area contributed by atoms with E-state index in [1.54, 1.807) is 0 Å². The van der Waals surface area contributed by atoms with Crippen LogP contribution in [0.4, 0.5) is 0 Å². The predicted molar refractivity (Wildman–Crippen MR) is 113 cm³/mol. The van der Waals surface area contributed by atoms with Crippen molar-refractivity contribution in [3.63, 3.8) is 0 Å². The van der Waals surface area contributed by atoms with Gasteiger partial charge in [0.25, 0.3) is 0 Å². The molecule has 0 spiro atoms. The van der Waals surface area contributed by atoms with Gasteiger partial charge in [0, 0.05) is 0 Å². The molecule has 0 bridgehead atoms. The van der Waals surface area contributed by atoms with Crippen molar-refractivity contribution in [2.24, 2.45) is 5.41 Å². The first-order valence-corrected chi connectivity index (χ1v) is 14.2. The zero-order valence-corrected chi connectivity index (χ0v) is 19.4. The summed E-state index contributed by atoms with van der Waals surface area (Å²) in [4.78, 5) is 12.2. The molecular weight excluding hydrogens is 368 g/mol. The molecule has 0 aromatic rings. The van der Waals surface area contributed by atoms with Crippen molar-refractivity contribution in [2.75, 3.05) is 18.1 Å². The van der Waals surface area contributed by atoms with Gasteiger partial charge in [-0.1, -0.05) is 40.7 Å². The number of hydrogen-bond donors (Lipinski definition) is 0. The van der Waals surface area contributed by atoms with E-state index in [2.05, 4.69) is 77.3 Å². The van der Waals surface area contributed by atoms with Crippen molar-refractivity contribution in [3.8, 4) is 0 Å². The molecule has 0 unspecified atom stereocenters. The third-order valence-corrected chi connectivity index (χ3v) is 13.7. The maximum Gasteiger partial charge on any atom is 0.336 e. The lowest BCUT2D eigenvalue weighted by Crippen LogP contribution is -2.44. The van der Waals surface area contributed by atoms with Crippen LogP contribution in [0.2, 0.25) is 18.1 Å². The van der Waals surface area contributed by atoms with Crippen molar-refractivity contribution in [1.82, 2.24) is 0 Å². The van der Waals surface area contributed by atoms with E-state index in [1.807, 2.05) is 0 Å². The summed E-state index contributed by atoms with van der Waals surface area (Å²) in [5, 5.41) is 0.123. The second-order valence-electron chi connectivity index (χ2n) is 9.24. The first-order chi connectivity index (χ1) is 11.4. The summed E-state index contributed by atoms with van der Waals surface area (Å²) in [5.41, 5.74) is 0.899. The summed E-state index contributed by atoms with van der Waals surface area (Å²) in [5.74, 6) is 2.30. The molecule has 1 atom stereocenters. The maximum absolute atomic E-state index is 12.2. The Bertz CT molecular complexity index is 517. The van der Waals surface area contributed by atoms with Crippen LogP contribution in [-0.2, 0) is 14.0 Å². The number of thioether (sulfide) groups is 2. The number of carbonyl (C=O) groups excluding carboxylic acids is 1. The van der Waals surface area contributed by atoms with Crippen LogP contribution < -0.4 is 0 Å². The van der Waals surface area contributed by atoms with Gasteiger partial charge in [-0.05, 0) is 47.9 Å². The summed E-state index contributed by atoms with van der Waals surface area (Å²) in [6, 6.07) is 0. The number of esters is 1. The van der Waals surface area contributed by atoms with Gasteiger partial charge >= 0.3 is 5.97 Å². The van der Waals surface area contributed by atoms with Gasteiger partial charge in [0.2, 0.25) is 0 Å². The van der Waals surface area contributed by atoms with Crippen LogP contribution in [0.3, 0.4) is 0 Å². The van der Waals surface area contributed by atoms with Gasteiger partial charge in [-0.2, -0.15) is 0 Å².